The molecule has 0 aliphatic heterocycles. The van der Waals surface area contributed by atoms with Gasteiger partial charge in [0.05, 0.1) is 13.0 Å². The molecule has 1 amide bonds. The van der Waals surface area contributed by atoms with Crippen molar-refractivity contribution in [3.05, 3.63) is 34.9 Å². The normalized spacial score (nSPS) is 24.7. The summed E-state index contributed by atoms with van der Waals surface area (Å²) in [6.45, 7) is 4.20. The molecular formula is C14H18ClNO2. The summed E-state index contributed by atoms with van der Waals surface area (Å²) in [7, 11) is 3.15. The van der Waals surface area contributed by atoms with Crippen LogP contribution in [0.5, 0.6) is 0 Å². The van der Waals surface area contributed by atoms with Gasteiger partial charge in [-0.3, -0.25) is 9.63 Å². The Morgan fingerprint density at radius 2 is 2.11 bits per heavy atom. The number of nitrogens with zero attached hydrogens (tertiary/aromatic N) is 1. The summed E-state index contributed by atoms with van der Waals surface area (Å²) >= 11 is 6.01. The van der Waals surface area contributed by atoms with Crippen LogP contribution in [0.25, 0.3) is 0 Å². The second-order valence-corrected chi connectivity index (χ2v) is 5.79. The zero-order chi connectivity index (χ0) is 13.5. The van der Waals surface area contributed by atoms with Gasteiger partial charge < -0.3 is 0 Å². The molecule has 0 N–H and O–H groups in total. The van der Waals surface area contributed by atoms with E-state index >= 15 is 0 Å². The van der Waals surface area contributed by atoms with Crippen molar-refractivity contribution in [1.29, 1.82) is 0 Å². The molecule has 2 unspecified atom stereocenters. The fourth-order valence-corrected chi connectivity index (χ4v) is 2.91. The predicted octanol–water partition coefficient (Wildman–Crippen LogP) is 3.10. The van der Waals surface area contributed by atoms with Crippen LogP contribution < -0.4 is 0 Å². The van der Waals surface area contributed by atoms with Gasteiger partial charge in [0.15, 0.2) is 0 Å². The highest BCUT2D eigenvalue weighted by atomic mass is 35.5. The Hall–Kier alpha value is -1.06. The number of benzene rings is 1. The summed E-state index contributed by atoms with van der Waals surface area (Å²) in [6.07, 6.45) is 0. The van der Waals surface area contributed by atoms with Crippen LogP contribution in [0.3, 0.4) is 0 Å². The maximum Gasteiger partial charge on any atom is 0.250 e. The van der Waals surface area contributed by atoms with Crippen LogP contribution in [-0.2, 0) is 9.63 Å². The highest BCUT2D eigenvalue weighted by Crippen LogP contribution is 2.65. The largest absolute Gasteiger partial charge is 0.275 e. The lowest BCUT2D eigenvalue weighted by Gasteiger charge is -2.14. The van der Waals surface area contributed by atoms with Gasteiger partial charge in [-0.05, 0) is 23.1 Å². The maximum absolute atomic E-state index is 12.2. The first-order chi connectivity index (χ1) is 8.39. The third-order valence-electron chi connectivity index (χ3n) is 3.89. The molecule has 0 bridgehead atoms. The summed E-state index contributed by atoms with van der Waals surface area (Å²) in [5.74, 6) is 0.190. The number of amides is 1. The second-order valence-electron chi connectivity index (χ2n) is 5.35. The van der Waals surface area contributed by atoms with Crippen LogP contribution >= 0.6 is 11.6 Å². The number of halogens is 1. The maximum atomic E-state index is 12.2. The number of carbonyl (C=O) groups is 1. The molecule has 98 valence electrons. The van der Waals surface area contributed by atoms with Crippen molar-refractivity contribution < 1.29 is 9.63 Å². The number of hydroxylamine groups is 2. The molecule has 1 aliphatic rings. The smallest absolute Gasteiger partial charge is 0.250 e. The van der Waals surface area contributed by atoms with Crippen molar-refractivity contribution >= 4 is 17.5 Å². The van der Waals surface area contributed by atoms with Gasteiger partial charge >= 0.3 is 0 Å². The summed E-state index contributed by atoms with van der Waals surface area (Å²) in [6, 6.07) is 7.73. The van der Waals surface area contributed by atoms with Crippen molar-refractivity contribution in [2.45, 2.75) is 19.8 Å². The van der Waals surface area contributed by atoms with E-state index < -0.39 is 0 Å². The standard InChI is InChI=1S/C14H18ClNO2/c1-14(2)11(9-6-5-7-10(15)8-9)12(14)13(17)16(3)18-4/h5-8,11-12H,1-4H3. The topological polar surface area (TPSA) is 29.5 Å². The molecule has 0 aromatic heterocycles. The van der Waals surface area contributed by atoms with Crippen molar-refractivity contribution in [1.82, 2.24) is 5.06 Å². The zero-order valence-electron chi connectivity index (χ0n) is 11.1. The second kappa shape index (κ2) is 4.56. The molecule has 1 fully saturated rings. The lowest BCUT2D eigenvalue weighted by Crippen LogP contribution is -2.28. The van der Waals surface area contributed by atoms with Crippen molar-refractivity contribution in [2.24, 2.45) is 11.3 Å². The molecule has 18 heavy (non-hydrogen) atoms. The Bertz CT molecular complexity index is 473. The molecule has 1 aliphatic carbocycles. The quantitative estimate of drug-likeness (QED) is 0.788. The minimum Gasteiger partial charge on any atom is -0.275 e. The van der Waals surface area contributed by atoms with Crippen molar-refractivity contribution in [3.8, 4) is 0 Å². The van der Waals surface area contributed by atoms with Crippen LogP contribution in [0, 0.1) is 11.3 Å². The fourth-order valence-electron chi connectivity index (χ4n) is 2.71. The highest BCUT2D eigenvalue weighted by molar-refractivity contribution is 6.30. The summed E-state index contributed by atoms with van der Waals surface area (Å²) in [4.78, 5) is 17.2. The van der Waals surface area contributed by atoms with E-state index in [1.807, 2.05) is 24.3 Å². The Labute approximate surface area is 113 Å². The van der Waals surface area contributed by atoms with Gasteiger partial charge in [0.2, 0.25) is 5.91 Å². The van der Waals surface area contributed by atoms with Crippen LogP contribution in [0.2, 0.25) is 5.02 Å². The molecule has 3 nitrogen and oxygen atoms in total. The zero-order valence-corrected chi connectivity index (χ0v) is 11.9. The number of rotatable bonds is 3. The average molecular weight is 268 g/mol. The van der Waals surface area contributed by atoms with Gasteiger partial charge in [0.1, 0.15) is 0 Å². The van der Waals surface area contributed by atoms with Gasteiger partial charge in [0.25, 0.3) is 0 Å². The monoisotopic (exact) mass is 267 g/mol. The van der Waals surface area contributed by atoms with Gasteiger partial charge in [0, 0.05) is 18.0 Å². The van der Waals surface area contributed by atoms with Gasteiger partial charge in [-0.1, -0.05) is 37.6 Å². The van der Waals surface area contributed by atoms with E-state index in [1.165, 1.54) is 12.2 Å². The molecule has 2 atom stereocenters. The van der Waals surface area contributed by atoms with Crippen molar-refractivity contribution in [3.63, 3.8) is 0 Å². The molecule has 1 aromatic rings. The SMILES string of the molecule is CON(C)C(=O)C1C(c2cccc(Cl)c2)C1(C)C. The number of carbonyl (C=O) groups excluding carboxylic acids is 1. The lowest BCUT2D eigenvalue weighted by molar-refractivity contribution is -0.171. The molecule has 1 aromatic carbocycles. The number of hydrogen-bond donors (Lipinski definition) is 0. The van der Waals surface area contributed by atoms with Crippen LogP contribution in [-0.4, -0.2) is 25.1 Å². The molecule has 0 radical (unpaired) electrons. The van der Waals surface area contributed by atoms with E-state index in [9.17, 15) is 4.79 Å². The third-order valence-corrected chi connectivity index (χ3v) is 4.12. The molecule has 4 heteroatoms. The molecule has 0 spiro atoms. The Kier molecular flexibility index (Phi) is 3.39. The Balaban J connectivity index is 2.24. The van der Waals surface area contributed by atoms with Gasteiger partial charge in [-0.25, -0.2) is 5.06 Å². The minimum atomic E-state index is -0.0471. The number of hydrogen-bond acceptors (Lipinski definition) is 2. The molecule has 0 saturated heterocycles. The molecular weight excluding hydrogens is 250 g/mol. The van der Waals surface area contributed by atoms with Gasteiger partial charge in [-0.2, -0.15) is 0 Å². The fraction of sp³-hybridized carbons (Fsp3) is 0.500. The average Bonchev–Trinajstić information content (AvgIpc) is 2.90. The first-order valence-corrected chi connectivity index (χ1v) is 6.34. The van der Waals surface area contributed by atoms with E-state index in [-0.39, 0.29) is 23.2 Å². The van der Waals surface area contributed by atoms with Crippen molar-refractivity contribution in [2.75, 3.05) is 14.2 Å². The molecule has 2 rings (SSSR count). The molecule has 0 heterocycles. The summed E-state index contributed by atoms with van der Waals surface area (Å²) in [5.41, 5.74) is 1.07. The van der Waals surface area contributed by atoms with E-state index in [2.05, 4.69) is 13.8 Å². The summed E-state index contributed by atoms with van der Waals surface area (Å²) in [5, 5.41) is 2.01. The van der Waals surface area contributed by atoms with E-state index in [0.29, 0.717) is 5.02 Å². The van der Waals surface area contributed by atoms with E-state index in [1.54, 1.807) is 7.05 Å². The third kappa shape index (κ3) is 2.13. The first-order valence-electron chi connectivity index (χ1n) is 5.96. The van der Waals surface area contributed by atoms with Crippen LogP contribution in [0.1, 0.15) is 25.3 Å². The van der Waals surface area contributed by atoms with E-state index in [4.69, 9.17) is 16.4 Å². The Morgan fingerprint density at radius 1 is 1.44 bits per heavy atom. The van der Waals surface area contributed by atoms with Crippen LogP contribution in [0.15, 0.2) is 24.3 Å². The first kappa shape index (κ1) is 13.4. The Morgan fingerprint density at radius 3 is 2.67 bits per heavy atom. The van der Waals surface area contributed by atoms with Crippen LogP contribution in [0.4, 0.5) is 0 Å². The predicted molar refractivity (Wildman–Crippen MR) is 71.2 cm³/mol. The molecule has 1 saturated carbocycles. The highest BCUT2D eigenvalue weighted by Gasteiger charge is 2.63. The summed E-state index contributed by atoms with van der Waals surface area (Å²) < 4.78 is 0. The lowest BCUT2D eigenvalue weighted by atomic mass is 10.0. The van der Waals surface area contributed by atoms with E-state index in [0.717, 1.165) is 5.56 Å². The minimum absolute atomic E-state index is 0.0208. The van der Waals surface area contributed by atoms with Gasteiger partial charge in [-0.15, -0.1) is 0 Å².